The molecule has 3 rings (SSSR count). The molecular formula is C15H23N5O2. The molecule has 3 heterocycles. The van der Waals surface area contributed by atoms with E-state index in [4.69, 9.17) is 4.74 Å². The van der Waals surface area contributed by atoms with Crippen LogP contribution in [-0.4, -0.2) is 68.4 Å². The van der Waals surface area contributed by atoms with Crippen LogP contribution in [0.4, 0.5) is 16.3 Å². The van der Waals surface area contributed by atoms with E-state index in [1.165, 1.54) is 0 Å². The van der Waals surface area contributed by atoms with Crippen LogP contribution < -0.4 is 15.5 Å². The second-order valence-electron chi connectivity index (χ2n) is 5.85. The molecule has 2 fully saturated rings. The monoisotopic (exact) mass is 305 g/mol. The van der Waals surface area contributed by atoms with Crippen LogP contribution in [0.3, 0.4) is 0 Å². The molecule has 2 amide bonds. The molecule has 2 N–H and O–H groups in total. The number of carbonyl (C=O) groups is 1. The summed E-state index contributed by atoms with van der Waals surface area (Å²) in [4.78, 5) is 20.8. The van der Waals surface area contributed by atoms with Gasteiger partial charge in [-0.05, 0) is 32.1 Å². The average Bonchev–Trinajstić information content (AvgIpc) is 2.94. The first-order valence-electron chi connectivity index (χ1n) is 7.75. The Morgan fingerprint density at radius 2 is 2.14 bits per heavy atom. The molecule has 0 saturated carbocycles. The molecule has 2 aliphatic heterocycles. The fourth-order valence-electron chi connectivity index (χ4n) is 2.84. The average molecular weight is 305 g/mol. The maximum absolute atomic E-state index is 12.0. The van der Waals surface area contributed by atoms with Gasteiger partial charge >= 0.3 is 6.03 Å². The Balaban J connectivity index is 1.51. The SMILES string of the molecule is CN1CCC(NC(=O)Nc2ccc(N3CCOCC3)nc2)C1. The molecule has 2 saturated heterocycles. The number of urea groups is 1. The van der Waals surface area contributed by atoms with Crippen molar-refractivity contribution in [3.8, 4) is 0 Å². The molecule has 7 nitrogen and oxygen atoms in total. The molecular weight excluding hydrogens is 282 g/mol. The number of likely N-dealkylation sites (N-methyl/N-ethyl adjacent to an activating group) is 1. The largest absolute Gasteiger partial charge is 0.378 e. The Morgan fingerprint density at radius 1 is 1.32 bits per heavy atom. The summed E-state index contributed by atoms with van der Waals surface area (Å²) < 4.78 is 5.33. The van der Waals surface area contributed by atoms with Crippen molar-refractivity contribution >= 4 is 17.5 Å². The second kappa shape index (κ2) is 6.93. The summed E-state index contributed by atoms with van der Waals surface area (Å²) in [5, 5.41) is 5.83. The molecule has 0 aliphatic carbocycles. The van der Waals surface area contributed by atoms with Gasteiger partial charge in [-0.1, -0.05) is 0 Å². The van der Waals surface area contributed by atoms with Crippen LogP contribution >= 0.6 is 0 Å². The van der Waals surface area contributed by atoms with Crippen molar-refractivity contribution in [3.63, 3.8) is 0 Å². The minimum absolute atomic E-state index is 0.166. The van der Waals surface area contributed by atoms with Gasteiger partial charge in [0, 0.05) is 25.7 Å². The Hall–Kier alpha value is -1.86. The van der Waals surface area contributed by atoms with Crippen LogP contribution in [0.15, 0.2) is 18.3 Å². The molecule has 1 atom stereocenters. The van der Waals surface area contributed by atoms with Gasteiger partial charge in [-0.2, -0.15) is 0 Å². The van der Waals surface area contributed by atoms with Crippen molar-refractivity contribution in [2.45, 2.75) is 12.5 Å². The summed E-state index contributed by atoms with van der Waals surface area (Å²) in [6.45, 7) is 5.12. The third-order valence-corrected chi connectivity index (χ3v) is 4.07. The molecule has 22 heavy (non-hydrogen) atoms. The Kier molecular flexibility index (Phi) is 4.74. The van der Waals surface area contributed by atoms with Crippen molar-refractivity contribution < 1.29 is 9.53 Å². The normalized spacial score (nSPS) is 22.6. The number of anilines is 2. The molecule has 1 aromatic rings. The molecule has 0 aromatic carbocycles. The lowest BCUT2D eigenvalue weighted by molar-refractivity contribution is 0.122. The van der Waals surface area contributed by atoms with Crippen LogP contribution in [0.1, 0.15) is 6.42 Å². The third-order valence-electron chi connectivity index (χ3n) is 4.07. The summed E-state index contributed by atoms with van der Waals surface area (Å²) in [5.74, 6) is 0.923. The second-order valence-corrected chi connectivity index (χ2v) is 5.85. The van der Waals surface area contributed by atoms with Crippen molar-refractivity contribution in [2.75, 3.05) is 56.7 Å². The maximum Gasteiger partial charge on any atom is 0.319 e. The first kappa shape index (κ1) is 15.1. The van der Waals surface area contributed by atoms with Gasteiger partial charge in [-0.15, -0.1) is 0 Å². The highest BCUT2D eigenvalue weighted by molar-refractivity contribution is 5.89. The highest BCUT2D eigenvalue weighted by Crippen LogP contribution is 2.15. The Labute approximate surface area is 130 Å². The number of aromatic nitrogens is 1. The van der Waals surface area contributed by atoms with Gasteiger partial charge in [0.25, 0.3) is 0 Å². The molecule has 1 unspecified atom stereocenters. The number of likely N-dealkylation sites (tertiary alicyclic amines) is 1. The number of amides is 2. The van der Waals surface area contributed by atoms with Crippen LogP contribution in [-0.2, 0) is 4.74 Å². The minimum atomic E-state index is -0.166. The zero-order valence-electron chi connectivity index (χ0n) is 12.9. The lowest BCUT2D eigenvalue weighted by Crippen LogP contribution is -2.39. The van der Waals surface area contributed by atoms with Crippen LogP contribution in [0.5, 0.6) is 0 Å². The number of nitrogens with one attached hydrogen (secondary N) is 2. The van der Waals surface area contributed by atoms with E-state index in [2.05, 4.69) is 32.5 Å². The molecule has 0 radical (unpaired) electrons. The molecule has 7 heteroatoms. The van der Waals surface area contributed by atoms with E-state index in [0.29, 0.717) is 5.69 Å². The predicted molar refractivity (Wildman–Crippen MR) is 85.3 cm³/mol. The van der Waals surface area contributed by atoms with Gasteiger partial charge in [-0.25, -0.2) is 9.78 Å². The summed E-state index contributed by atoms with van der Waals surface area (Å²) in [5.41, 5.74) is 0.709. The van der Waals surface area contributed by atoms with Crippen molar-refractivity contribution in [1.29, 1.82) is 0 Å². The molecule has 0 spiro atoms. The first-order valence-corrected chi connectivity index (χ1v) is 7.75. The highest BCUT2D eigenvalue weighted by Gasteiger charge is 2.21. The summed E-state index contributed by atoms with van der Waals surface area (Å²) in [6.07, 6.45) is 2.70. The molecule has 120 valence electrons. The molecule has 0 bridgehead atoms. The maximum atomic E-state index is 12.0. The highest BCUT2D eigenvalue weighted by atomic mass is 16.5. The van der Waals surface area contributed by atoms with E-state index >= 15 is 0 Å². The van der Waals surface area contributed by atoms with Gasteiger partial charge in [0.2, 0.25) is 0 Å². The van der Waals surface area contributed by atoms with Crippen LogP contribution in [0, 0.1) is 0 Å². The third kappa shape index (κ3) is 3.86. The fourth-order valence-corrected chi connectivity index (χ4v) is 2.84. The van der Waals surface area contributed by atoms with E-state index in [1.54, 1.807) is 6.20 Å². The van der Waals surface area contributed by atoms with E-state index in [1.807, 2.05) is 12.1 Å². The van der Waals surface area contributed by atoms with Gasteiger partial charge in [0.05, 0.1) is 25.1 Å². The van der Waals surface area contributed by atoms with Gasteiger partial charge in [0.1, 0.15) is 5.82 Å². The van der Waals surface area contributed by atoms with E-state index in [9.17, 15) is 4.79 Å². The van der Waals surface area contributed by atoms with Crippen molar-refractivity contribution in [2.24, 2.45) is 0 Å². The van der Waals surface area contributed by atoms with Crippen molar-refractivity contribution in [1.82, 2.24) is 15.2 Å². The number of pyridine rings is 1. The smallest absolute Gasteiger partial charge is 0.319 e. The van der Waals surface area contributed by atoms with Gasteiger partial charge in [-0.3, -0.25) is 0 Å². The standard InChI is InChI=1S/C15H23N5O2/c1-19-5-4-13(11-19)18-15(21)17-12-2-3-14(16-10-12)20-6-8-22-9-7-20/h2-3,10,13H,4-9,11H2,1H3,(H2,17,18,21). The predicted octanol–water partition coefficient (Wildman–Crippen LogP) is 0.744. The number of carbonyl (C=O) groups excluding carboxylic acids is 1. The lowest BCUT2D eigenvalue weighted by Gasteiger charge is -2.27. The number of rotatable bonds is 3. The summed E-state index contributed by atoms with van der Waals surface area (Å²) in [6, 6.07) is 3.88. The Morgan fingerprint density at radius 3 is 2.77 bits per heavy atom. The minimum Gasteiger partial charge on any atom is -0.378 e. The fraction of sp³-hybridized carbons (Fsp3) is 0.600. The number of hydrogen-bond donors (Lipinski definition) is 2. The van der Waals surface area contributed by atoms with E-state index in [0.717, 1.165) is 51.6 Å². The lowest BCUT2D eigenvalue weighted by atomic mass is 10.3. The Bertz CT molecular complexity index is 501. The van der Waals surface area contributed by atoms with Crippen LogP contribution in [0.25, 0.3) is 0 Å². The first-order chi connectivity index (χ1) is 10.7. The van der Waals surface area contributed by atoms with Gasteiger partial charge < -0.3 is 25.2 Å². The zero-order valence-corrected chi connectivity index (χ0v) is 12.9. The zero-order chi connectivity index (χ0) is 15.4. The number of nitrogens with zero attached hydrogens (tertiary/aromatic N) is 3. The topological polar surface area (TPSA) is 69.7 Å². The van der Waals surface area contributed by atoms with Gasteiger partial charge in [0.15, 0.2) is 0 Å². The molecule has 2 aliphatic rings. The van der Waals surface area contributed by atoms with E-state index in [-0.39, 0.29) is 12.1 Å². The van der Waals surface area contributed by atoms with E-state index < -0.39 is 0 Å². The van der Waals surface area contributed by atoms with Crippen molar-refractivity contribution in [3.05, 3.63) is 18.3 Å². The van der Waals surface area contributed by atoms with Crippen LogP contribution in [0.2, 0.25) is 0 Å². The summed E-state index contributed by atoms with van der Waals surface area (Å²) >= 11 is 0. The quantitative estimate of drug-likeness (QED) is 0.862. The molecule has 1 aromatic heterocycles. The number of hydrogen-bond acceptors (Lipinski definition) is 5. The number of morpholine rings is 1. The summed E-state index contributed by atoms with van der Waals surface area (Å²) in [7, 11) is 2.06. The number of ether oxygens (including phenoxy) is 1.